The summed E-state index contributed by atoms with van der Waals surface area (Å²) in [6.07, 6.45) is 1.90. The van der Waals surface area contributed by atoms with Crippen molar-refractivity contribution in [2.45, 2.75) is 31.5 Å². The molecular weight excluding hydrogens is 494 g/mol. The number of hydrogen-bond acceptors (Lipinski definition) is 2. The van der Waals surface area contributed by atoms with Crippen molar-refractivity contribution in [3.8, 4) is 0 Å². The molecule has 0 radical (unpaired) electrons. The van der Waals surface area contributed by atoms with E-state index in [9.17, 15) is 0 Å². The quantitative estimate of drug-likeness (QED) is 0.367. The maximum Gasteiger partial charge on any atom is 0.0654 e. The maximum atomic E-state index is 6.56. The molecule has 4 rings (SSSR count). The molecule has 1 saturated heterocycles. The average Bonchev–Trinajstić information content (AvgIpc) is 2.74. The van der Waals surface area contributed by atoms with Crippen molar-refractivity contribution in [1.29, 1.82) is 0 Å². The van der Waals surface area contributed by atoms with Crippen LogP contribution in [0, 0.1) is 0 Å². The fourth-order valence-corrected chi connectivity index (χ4v) is 5.19. The Morgan fingerprint density at radius 2 is 1.42 bits per heavy atom. The number of rotatable bonds is 5. The van der Waals surface area contributed by atoms with Crippen molar-refractivity contribution in [3.63, 3.8) is 0 Å². The second-order valence-electron chi connectivity index (χ2n) is 7.69. The maximum absolute atomic E-state index is 6.56. The standard InChI is InChI=1S/C24H21Cl5N2/c25-17-4-1-15(2-5-17)24-13-20(30-14-16-3-6-18(26)11-21(16)28)9-10-31(24)23-8-7-19(27)12-22(23)29/h1-8,11-12,20,24,30H,9-10,13-14H2. The highest BCUT2D eigenvalue weighted by molar-refractivity contribution is 6.36. The fourth-order valence-electron chi connectivity index (χ4n) is 4.07. The molecule has 0 amide bonds. The van der Waals surface area contributed by atoms with Crippen LogP contribution in [0.25, 0.3) is 0 Å². The smallest absolute Gasteiger partial charge is 0.0654 e. The minimum atomic E-state index is 0.155. The van der Waals surface area contributed by atoms with Crippen LogP contribution in [-0.4, -0.2) is 12.6 Å². The van der Waals surface area contributed by atoms with Gasteiger partial charge in [0, 0.05) is 39.2 Å². The molecule has 1 fully saturated rings. The highest BCUT2D eigenvalue weighted by Gasteiger charge is 2.31. The van der Waals surface area contributed by atoms with Gasteiger partial charge in [-0.3, -0.25) is 0 Å². The Labute approximate surface area is 208 Å². The summed E-state index contributed by atoms with van der Waals surface area (Å²) in [6, 6.07) is 19.8. The molecule has 1 N–H and O–H groups in total. The minimum Gasteiger partial charge on any atom is -0.363 e. The Kier molecular flexibility index (Phi) is 7.59. The number of hydrogen-bond donors (Lipinski definition) is 1. The van der Waals surface area contributed by atoms with E-state index in [4.69, 9.17) is 58.0 Å². The van der Waals surface area contributed by atoms with E-state index in [1.807, 2.05) is 36.4 Å². The second kappa shape index (κ2) is 10.2. The van der Waals surface area contributed by atoms with Crippen LogP contribution >= 0.6 is 58.0 Å². The lowest BCUT2D eigenvalue weighted by Crippen LogP contribution is -2.44. The molecule has 31 heavy (non-hydrogen) atoms. The first-order valence-electron chi connectivity index (χ1n) is 10.0. The Bertz CT molecular complexity index is 1050. The lowest BCUT2D eigenvalue weighted by Gasteiger charge is -2.42. The molecule has 2 nitrogen and oxygen atoms in total. The highest BCUT2D eigenvalue weighted by Crippen LogP contribution is 2.39. The Hall–Kier alpha value is -1.13. The molecule has 0 bridgehead atoms. The molecular formula is C24H21Cl5N2. The van der Waals surface area contributed by atoms with Gasteiger partial charge in [0.25, 0.3) is 0 Å². The summed E-state index contributed by atoms with van der Waals surface area (Å²) < 4.78 is 0. The lowest BCUT2D eigenvalue weighted by molar-refractivity contribution is 0.359. The third-order valence-corrected chi connectivity index (χ3v) is 7.05. The summed E-state index contributed by atoms with van der Waals surface area (Å²) in [7, 11) is 0. The average molecular weight is 515 g/mol. The van der Waals surface area contributed by atoms with Crippen molar-refractivity contribution >= 4 is 63.7 Å². The van der Waals surface area contributed by atoms with Crippen LogP contribution in [0.4, 0.5) is 5.69 Å². The van der Waals surface area contributed by atoms with Gasteiger partial charge in [0.1, 0.15) is 0 Å². The summed E-state index contributed by atoms with van der Waals surface area (Å²) >= 11 is 31.2. The van der Waals surface area contributed by atoms with Crippen LogP contribution in [-0.2, 0) is 6.54 Å². The molecule has 7 heteroatoms. The number of piperidine rings is 1. The van der Waals surface area contributed by atoms with E-state index >= 15 is 0 Å². The Morgan fingerprint density at radius 3 is 2.10 bits per heavy atom. The topological polar surface area (TPSA) is 15.3 Å². The van der Waals surface area contributed by atoms with Crippen LogP contribution in [0.2, 0.25) is 25.1 Å². The largest absolute Gasteiger partial charge is 0.363 e. The molecule has 3 aromatic rings. The van der Waals surface area contributed by atoms with E-state index in [0.717, 1.165) is 35.7 Å². The van der Waals surface area contributed by atoms with E-state index in [-0.39, 0.29) is 6.04 Å². The van der Waals surface area contributed by atoms with Crippen LogP contribution in [0.5, 0.6) is 0 Å². The van der Waals surface area contributed by atoms with Crippen molar-refractivity contribution in [3.05, 3.63) is 96.9 Å². The van der Waals surface area contributed by atoms with Crippen molar-refractivity contribution in [1.82, 2.24) is 5.32 Å². The zero-order valence-corrected chi connectivity index (χ0v) is 20.4. The number of halogens is 5. The Balaban J connectivity index is 1.55. The van der Waals surface area contributed by atoms with Crippen LogP contribution < -0.4 is 10.2 Å². The van der Waals surface area contributed by atoms with Crippen LogP contribution in [0.1, 0.15) is 30.0 Å². The van der Waals surface area contributed by atoms with E-state index in [1.165, 1.54) is 5.56 Å². The molecule has 1 heterocycles. The Morgan fingerprint density at radius 1 is 0.774 bits per heavy atom. The van der Waals surface area contributed by atoms with Gasteiger partial charge in [0.05, 0.1) is 16.8 Å². The zero-order chi connectivity index (χ0) is 22.0. The molecule has 2 unspecified atom stereocenters. The summed E-state index contributed by atoms with van der Waals surface area (Å²) in [5, 5.41) is 7.01. The van der Waals surface area contributed by atoms with Gasteiger partial charge in [-0.15, -0.1) is 0 Å². The number of benzene rings is 3. The van der Waals surface area contributed by atoms with Gasteiger partial charge in [0.2, 0.25) is 0 Å². The van der Waals surface area contributed by atoms with Gasteiger partial charge < -0.3 is 10.2 Å². The number of nitrogens with one attached hydrogen (secondary N) is 1. The van der Waals surface area contributed by atoms with Gasteiger partial charge in [-0.2, -0.15) is 0 Å². The van der Waals surface area contributed by atoms with Crippen LogP contribution in [0.3, 0.4) is 0 Å². The van der Waals surface area contributed by atoms with Gasteiger partial charge in [-0.1, -0.05) is 76.2 Å². The lowest BCUT2D eigenvalue weighted by atomic mass is 9.91. The third-order valence-electron chi connectivity index (χ3n) is 5.67. The highest BCUT2D eigenvalue weighted by atomic mass is 35.5. The molecule has 1 aliphatic heterocycles. The molecule has 0 aliphatic carbocycles. The minimum absolute atomic E-state index is 0.155. The molecule has 0 spiro atoms. The predicted molar refractivity (Wildman–Crippen MR) is 134 cm³/mol. The normalized spacial score (nSPS) is 18.9. The summed E-state index contributed by atoms with van der Waals surface area (Å²) in [5.41, 5.74) is 3.23. The first kappa shape index (κ1) is 23.0. The van der Waals surface area contributed by atoms with Gasteiger partial charge in [-0.05, 0) is 66.4 Å². The molecule has 0 saturated carbocycles. The first-order valence-corrected chi connectivity index (χ1v) is 11.9. The van der Waals surface area contributed by atoms with Gasteiger partial charge in [0.15, 0.2) is 0 Å². The number of anilines is 1. The molecule has 1 aliphatic rings. The SMILES string of the molecule is Clc1ccc(C2CC(NCc3ccc(Cl)cc3Cl)CCN2c2ccc(Cl)cc2Cl)cc1. The monoisotopic (exact) mass is 512 g/mol. The summed E-state index contributed by atoms with van der Waals surface area (Å²) in [5.74, 6) is 0. The first-order chi connectivity index (χ1) is 14.9. The number of nitrogens with zero attached hydrogens (tertiary/aromatic N) is 1. The third kappa shape index (κ3) is 5.63. The van der Waals surface area contributed by atoms with E-state index in [1.54, 1.807) is 12.1 Å². The molecule has 3 aromatic carbocycles. The van der Waals surface area contributed by atoms with E-state index in [0.29, 0.717) is 32.7 Å². The predicted octanol–water partition coefficient (Wildman–Crippen LogP) is 8.45. The summed E-state index contributed by atoms with van der Waals surface area (Å²) in [6.45, 7) is 1.55. The van der Waals surface area contributed by atoms with Crippen molar-refractivity contribution in [2.75, 3.05) is 11.4 Å². The fraction of sp³-hybridized carbons (Fsp3) is 0.250. The summed E-state index contributed by atoms with van der Waals surface area (Å²) in [4.78, 5) is 2.36. The van der Waals surface area contributed by atoms with E-state index < -0.39 is 0 Å². The van der Waals surface area contributed by atoms with Crippen LogP contribution in [0.15, 0.2) is 60.7 Å². The second-order valence-corrected chi connectivity index (χ2v) is 9.82. The van der Waals surface area contributed by atoms with E-state index in [2.05, 4.69) is 22.3 Å². The van der Waals surface area contributed by atoms with Crippen molar-refractivity contribution < 1.29 is 0 Å². The zero-order valence-electron chi connectivity index (χ0n) is 16.6. The van der Waals surface area contributed by atoms with Gasteiger partial charge >= 0.3 is 0 Å². The van der Waals surface area contributed by atoms with Crippen molar-refractivity contribution in [2.24, 2.45) is 0 Å². The van der Waals surface area contributed by atoms with Gasteiger partial charge in [-0.25, -0.2) is 0 Å². The molecule has 0 aromatic heterocycles. The molecule has 162 valence electrons. The molecule has 2 atom stereocenters.